The molecule has 1 aromatic heterocycles. The Balaban J connectivity index is 2.47. The quantitative estimate of drug-likeness (QED) is 0.848. The van der Waals surface area contributed by atoms with Crippen LogP contribution >= 0.6 is 11.3 Å². The molecular formula is C17H30N2O2S. The molecule has 0 saturated carbocycles. The number of aryl methyl sites for hydroxylation is 2. The fraction of sp³-hybridized carbons (Fsp3) is 0.706. The monoisotopic (exact) mass is 326 g/mol. The van der Waals surface area contributed by atoms with Gasteiger partial charge in [0.1, 0.15) is 5.60 Å². The van der Waals surface area contributed by atoms with Crippen LogP contribution in [0, 0.1) is 13.8 Å². The standard InChI is InChI=1S/C17H30N2O2S/c1-8-19(16(20)21-17(5,6)7)10-9-18-13(3)15-11-12(2)22-14(15)4/h11,13,18H,8-10H2,1-7H3. The Bertz CT molecular complexity index is 491. The van der Waals surface area contributed by atoms with E-state index in [4.69, 9.17) is 4.74 Å². The average molecular weight is 327 g/mol. The van der Waals surface area contributed by atoms with Crippen LogP contribution in [0.15, 0.2) is 6.07 Å². The van der Waals surface area contributed by atoms with Crippen LogP contribution in [0.5, 0.6) is 0 Å². The Morgan fingerprint density at radius 1 is 1.41 bits per heavy atom. The summed E-state index contributed by atoms with van der Waals surface area (Å²) in [7, 11) is 0. The molecule has 1 atom stereocenters. The van der Waals surface area contributed by atoms with Crippen LogP contribution in [0.4, 0.5) is 4.79 Å². The van der Waals surface area contributed by atoms with Crippen molar-refractivity contribution in [2.75, 3.05) is 19.6 Å². The van der Waals surface area contributed by atoms with E-state index in [2.05, 4.69) is 32.2 Å². The van der Waals surface area contributed by atoms with E-state index in [-0.39, 0.29) is 6.09 Å². The van der Waals surface area contributed by atoms with Crippen molar-refractivity contribution in [1.29, 1.82) is 0 Å². The van der Waals surface area contributed by atoms with Gasteiger partial charge in [0, 0.05) is 35.4 Å². The lowest BCUT2D eigenvalue weighted by Crippen LogP contribution is -2.40. The highest BCUT2D eigenvalue weighted by atomic mass is 32.1. The molecule has 126 valence electrons. The zero-order valence-electron chi connectivity index (χ0n) is 14.9. The van der Waals surface area contributed by atoms with Crippen molar-refractivity contribution in [2.24, 2.45) is 0 Å². The van der Waals surface area contributed by atoms with Gasteiger partial charge in [-0.1, -0.05) is 0 Å². The van der Waals surface area contributed by atoms with Gasteiger partial charge in [-0.2, -0.15) is 0 Å². The Morgan fingerprint density at radius 3 is 2.50 bits per heavy atom. The van der Waals surface area contributed by atoms with E-state index in [0.717, 1.165) is 6.54 Å². The second-order valence-electron chi connectivity index (χ2n) is 6.60. The zero-order chi connectivity index (χ0) is 16.9. The molecule has 1 amide bonds. The van der Waals surface area contributed by atoms with Crippen LogP contribution in [0.25, 0.3) is 0 Å². The maximum Gasteiger partial charge on any atom is 0.410 e. The number of carbonyl (C=O) groups excluding carboxylic acids is 1. The van der Waals surface area contributed by atoms with Crippen molar-refractivity contribution in [1.82, 2.24) is 10.2 Å². The van der Waals surface area contributed by atoms with Crippen LogP contribution in [0.2, 0.25) is 0 Å². The molecular weight excluding hydrogens is 296 g/mol. The fourth-order valence-corrected chi connectivity index (χ4v) is 3.33. The van der Waals surface area contributed by atoms with E-state index in [0.29, 0.717) is 19.1 Å². The van der Waals surface area contributed by atoms with E-state index in [1.54, 1.807) is 4.90 Å². The Hall–Kier alpha value is -1.07. The number of likely N-dealkylation sites (N-methyl/N-ethyl adjacent to an activating group) is 1. The molecule has 1 N–H and O–H groups in total. The molecule has 0 fully saturated rings. The Labute approximate surface area is 138 Å². The van der Waals surface area contributed by atoms with Crippen molar-refractivity contribution in [2.45, 2.75) is 60.1 Å². The number of hydrogen-bond acceptors (Lipinski definition) is 4. The van der Waals surface area contributed by atoms with Gasteiger partial charge >= 0.3 is 6.09 Å². The second kappa shape index (κ2) is 7.97. The summed E-state index contributed by atoms with van der Waals surface area (Å²) in [5, 5.41) is 3.49. The van der Waals surface area contributed by atoms with Gasteiger partial charge in [-0.3, -0.25) is 0 Å². The molecule has 0 aliphatic rings. The lowest BCUT2D eigenvalue weighted by atomic mass is 10.1. The third-order valence-electron chi connectivity index (χ3n) is 3.41. The van der Waals surface area contributed by atoms with Gasteiger partial charge in [-0.25, -0.2) is 4.79 Å². The minimum absolute atomic E-state index is 0.244. The minimum atomic E-state index is -0.448. The third-order valence-corrected chi connectivity index (χ3v) is 4.39. The SMILES string of the molecule is CCN(CCNC(C)c1cc(C)sc1C)C(=O)OC(C)(C)C. The minimum Gasteiger partial charge on any atom is -0.444 e. The van der Waals surface area contributed by atoms with Gasteiger partial charge < -0.3 is 15.0 Å². The first-order chi connectivity index (χ1) is 10.1. The fourth-order valence-electron chi connectivity index (χ4n) is 2.31. The van der Waals surface area contributed by atoms with E-state index in [9.17, 15) is 4.79 Å². The molecule has 0 spiro atoms. The molecule has 1 aromatic rings. The summed E-state index contributed by atoms with van der Waals surface area (Å²) in [6.45, 7) is 16.2. The van der Waals surface area contributed by atoms with Crippen LogP contribution in [0.3, 0.4) is 0 Å². The number of amides is 1. The van der Waals surface area contributed by atoms with E-state index < -0.39 is 5.60 Å². The highest BCUT2D eigenvalue weighted by molar-refractivity contribution is 7.12. The van der Waals surface area contributed by atoms with Gasteiger partial charge in [0.25, 0.3) is 0 Å². The molecule has 4 nitrogen and oxygen atoms in total. The van der Waals surface area contributed by atoms with Crippen molar-refractivity contribution in [3.63, 3.8) is 0 Å². The number of rotatable bonds is 6. The summed E-state index contributed by atoms with van der Waals surface area (Å²) in [4.78, 5) is 16.5. The zero-order valence-corrected chi connectivity index (χ0v) is 15.8. The summed E-state index contributed by atoms with van der Waals surface area (Å²) in [5.41, 5.74) is 0.902. The van der Waals surface area contributed by atoms with E-state index in [1.165, 1.54) is 15.3 Å². The van der Waals surface area contributed by atoms with Gasteiger partial charge in [0.05, 0.1) is 0 Å². The highest BCUT2D eigenvalue weighted by Gasteiger charge is 2.21. The Kier molecular flexibility index (Phi) is 6.88. The van der Waals surface area contributed by atoms with Gasteiger partial charge in [-0.15, -0.1) is 11.3 Å². The smallest absolute Gasteiger partial charge is 0.410 e. The number of carbonyl (C=O) groups is 1. The van der Waals surface area contributed by atoms with Gasteiger partial charge in [0.2, 0.25) is 0 Å². The maximum atomic E-state index is 12.1. The Morgan fingerprint density at radius 2 is 2.05 bits per heavy atom. The number of ether oxygens (including phenoxy) is 1. The molecule has 0 radical (unpaired) electrons. The lowest BCUT2D eigenvalue weighted by Gasteiger charge is -2.27. The van der Waals surface area contributed by atoms with Crippen LogP contribution in [-0.4, -0.2) is 36.2 Å². The van der Waals surface area contributed by atoms with Crippen molar-refractivity contribution >= 4 is 17.4 Å². The first kappa shape index (κ1) is 19.0. The normalized spacial score (nSPS) is 13.0. The summed E-state index contributed by atoms with van der Waals surface area (Å²) >= 11 is 1.83. The summed E-state index contributed by atoms with van der Waals surface area (Å²) in [6, 6.07) is 2.53. The molecule has 1 heterocycles. The topological polar surface area (TPSA) is 41.6 Å². The number of nitrogens with zero attached hydrogens (tertiary/aromatic N) is 1. The molecule has 0 aromatic carbocycles. The molecule has 0 aliphatic carbocycles. The van der Waals surface area contributed by atoms with Crippen molar-refractivity contribution in [3.8, 4) is 0 Å². The predicted molar refractivity (Wildman–Crippen MR) is 93.7 cm³/mol. The highest BCUT2D eigenvalue weighted by Crippen LogP contribution is 2.25. The van der Waals surface area contributed by atoms with Crippen LogP contribution in [0.1, 0.15) is 56.0 Å². The molecule has 0 saturated heterocycles. The number of nitrogens with one attached hydrogen (secondary N) is 1. The van der Waals surface area contributed by atoms with Gasteiger partial charge in [0.15, 0.2) is 0 Å². The second-order valence-corrected chi connectivity index (χ2v) is 8.06. The molecule has 0 aliphatic heterocycles. The maximum absolute atomic E-state index is 12.1. The van der Waals surface area contributed by atoms with Gasteiger partial charge in [-0.05, 0) is 60.1 Å². The number of hydrogen-bond donors (Lipinski definition) is 1. The first-order valence-corrected chi connectivity index (χ1v) is 8.74. The van der Waals surface area contributed by atoms with Crippen LogP contribution in [-0.2, 0) is 4.74 Å². The molecule has 1 unspecified atom stereocenters. The van der Waals surface area contributed by atoms with E-state index >= 15 is 0 Å². The summed E-state index contributed by atoms with van der Waals surface area (Å²) < 4.78 is 5.42. The predicted octanol–water partition coefficient (Wildman–Crippen LogP) is 4.27. The average Bonchev–Trinajstić information content (AvgIpc) is 2.71. The largest absolute Gasteiger partial charge is 0.444 e. The molecule has 1 rings (SSSR count). The first-order valence-electron chi connectivity index (χ1n) is 7.92. The molecule has 0 bridgehead atoms. The van der Waals surface area contributed by atoms with Crippen molar-refractivity contribution in [3.05, 3.63) is 21.4 Å². The molecule has 5 heteroatoms. The van der Waals surface area contributed by atoms with Crippen LogP contribution < -0.4 is 5.32 Å². The van der Waals surface area contributed by atoms with Crippen molar-refractivity contribution < 1.29 is 9.53 Å². The third kappa shape index (κ3) is 5.97. The summed E-state index contributed by atoms with van der Waals surface area (Å²) in [6.07, 6.45) is -0.244. The number of thiophene rings is 1. The lowest BCUT2D eigenvalue weighted by molar-refractivity contribution is 0.0261. The summed E-state index contributed by atoms with van der Waals surface area (Å²) in [5.74, 6) is 0. The molecule has 22 heavy (non-hydrogen) atoms. The van der Waals surface area contributed by atoms with E-state index in [1.807, 2.05) is 39.0 Å².